The van der Waals surface area contributed by atoms with Crippen molar-refractivity contribution in [1.29, 1.82) is 0 Å². The van der Waals surface area contributed by atoms with Crippen LogP contribution in [0.2, 0.25) is 0 Å². The average Bonchev–Trinajstić information content (AvgIpc) is 2.91. The molecule has 0 saturated carbocycles. The van der Waals surface area contributed by atoms with E-state index in [-0.39, 0.29) is 18.4 Å². The van der Waals surface area contributed by atoms with E-state index in [1.807, 2.05) is 41.8 Å². The predicted octanol–water partition coefficient (Wildman–Crippen LogP) is 5.27. The number of fused-ring (bicyclic) bond motifs is 1. The molecule has 6 nitrogen and oxygen atoms in total. The third-order valence-electron chi connectivity index (χ3n) is 6.82. The van der Waals surface area contributed by atoms with Gasteiger partial charge in [-0.1, -0.05) is 30.3 Å². The molecule has 0 spiro atoms. The van der Waals surface area contributed by atoms with E-state index in [0.29, 0.717) is 47.5 Å². The number of amides is 2. The van der Waals surface area contributed by atoms with E-state index in [4.69, 9.17) is 4.98 Å². The van der Waals surface area contributed by atoms with Gasteiger partial charge in [-0.05, 0) is 56.5 Å². The highest BCUT2D eigenvalue weighted by Crippen LogP contribution is 2.30. The van der Waals surface area contributed by atoms with E-state index < -0.39 is 17.6 Å². The van der Waals surface area contributed by atoms with Gasteiger partial charge in [-0.15, -0.1) is 0 Å². The van der Waals surface area contributed by atoms with E-state index in [2.05, 4.69) is 5.32 Å². The van der Waals surface area contributed by atoms with Crippen molar-refractivity contribution in [3.8, 4) is 0 Å². The number of aromatic nitrogens is 1. The van der Waals surface area contributed by atoms with Crippen molar-refractivity contribution in [2.75, 3.05) is 31.1 Å². The van der Waals surface area contributed by atoms with Crippen LogP contribution in [0.25, 0.3) is 10.9 Å². The van der Waals surface area contributed by atoms with Crippen LogP contribution in [-0.4, -0.2) is 47.9 Å². The van der Waals surface area contributed by atoms with E-state index in [0.717, 1.165) is 31.5 Å². The predicted molar refractivity (Wildman–Crippen MR) is 137 cm³/mol. The van der Waals surface area contributed by atoms with Gasteiger partial charge < -0.3 is 15.1 Å². The fraction of sp³-hybridized carbons (Fsp3) is 0.393. The first kappa shape index (κ1) is 26.4. The number of rotatable bonds is 7. The van der Waals surface area contributed by atoms with Crippen LogP contribution in [0, 0.1) is 5.92 Å². The quantitative estimate of drug-likeness (QED) is 0.469. The Morgan fingerprint density at radius 2 is 1.84 bits per heavy atom. The van der Waals surface area contributed by atoms with Gasteiger partial charge >= 0.3 is 6.18 Å². The molecule has 1 saturated heterocycles. The third-order valence-corrected chi connectivity index (χ3v) is 6.82. The zero-order chi connectivity index (χ0) is 26.6. The molecule has 0 bridgehead atoms. The van der Waals surface area contributed by atoms with Gasteiger partial charge in [-0.3, -0.25) is 9.59 Å². The third kappa shape index (κ3) is 6.03. The summed E-state index contributed by atoms with van der Waals surface area (Å²) in [6.07, 6.45) is -2.80. The molecule has 9 heteroatoms. The summed E-state index contributed by atoms with van der Waals surface area (Å²) in [4.78, 5) is 34.9. The number of piperidine rings is 1. The molecule has 1 aromatic heterocycles. The Balaban J connectivity index is 1.58. The molecule has 3 aromatic rings. The van der Waals surface area contributed by atoms with Crippen molar-refractivity contribution < 1.29 is 22.8 Å². The second-order valence-corrected chi connectivity index (χ2v) is 9.22. The molecule has 1 aliphatic heterocycles. The number of alkyl halides is 3. The largest absolute Gasteiger partial charge is 0.416 e. The van der Waals surface area contributed by atoms with Crippen LogP contribution in [-0.2, 0) is 17.5 Å². The number of benzene rings is 2. The van der Waals surface area contributed by atoms with E-state index >= 15 is 0 Å². The van der Waals surface area contributed by atoms with Gasteiger partial charge in [0.1, 0.15) is 5.82 Å². The summed E-state index contributed by atoms with van der Waals surface area (Å²) in [6.45, 7) is 6.46. The number of halogens is 3. The Hall–Kier alpha value is -3.62. The molecule has 0 aliphatic carbocycles. The normalized spacial score (nSPS) is 16.0. The highest BCUT2D eigenvalue weighted by Gasteiger charge is 2.31. The summed E-state index contributed by atoms with van der Waals surface area (Å²) >= 11 is 0. The first-order chi connectivity index (χ1) is 17.7. The highest BCUT2D eigenvalue weighted by atomic mass is 19.4. The maximum Gasteiger partial charge on any atom is 0.416 e. The number of para-hydroxylation sites is 1. The van der Waals surface area contributed by atoms with Crippen molar-refractivity contribution in [3.63, 3.8) is 0 Å². The molecule has 196 valence electrons. The van der Waals surface area contributed by atoms with Gasteiger partial charge in [0.15, 0.2) is 0 Å². The highest BCUT2D eigenvalue weighted by molar-refractivity contribution is 6.07. The minimum atomic E-state index is -4.45. The van der Waals surface area contributed by atoms with Crippen LogP contribution >= 0.6 is 0 Å². The zero-order valence-electron chi connectivity index (χ0n) is 21.0. The molecule has 2 amide bonds. The molecule has 2 aromatic carbocycles. The molecule has 0 radical (unpaired) electrons. The van der Waals surface area contributed by atoms with Gasteiger partial charge in [-0.2, -0.15) is 13.2 Å². The average molecular weight is 513 g/mol. The monoisotopic (exact) mass is 512 g/mol. The Kier molecular flexibility index (Phi) is 8.00. The van der Waals surface area contributed by atoms with Crippen LogP contribution < -0.4 is 10.2 Å². The topological polar surface area (TPSA) is 65.5 Å². The number of nitrogens with zero attached hydrogens (tertiary/aromatic N) is 3. The van der Waals surface area contributed by atoms with Gasteiger partial charge in [0, 0.05) is 38.1 Å². The molecule has 1 aliphatic rings. The van der Waals surface area contributed by atoms with Crippen LogP contribution in [0.3, 0.4) is 0 Å². The van der Waals surface area contributed by atoms with E-state index in [1.54, 1.807) is 18.2 Å². The Morgan fingerprint density at radius 3 is 2.57 bits per heavy atom. The second kappa shape index (κ2) is 11.2. The lowest BCUT2D eigenvalue weighted by molar-refractivity contribution is -0.137. The molecular formula is C28H31F3N4O2. The van der Waals surface area contributed by atoms with E-state index in [9.17, 15) is 22.8 Å². The summed E-state index contributed by atoms with van der Waals surface area (Å²) in [5.74, 6) is 0.208. The lowest BCUT2D eigenvalue weighted by atomic mass is 9.96. The standard InChI is InChI=1S/C28H31F3N4O2/c1-3-34(4-2)27(37)20-10-8-14-35(18-20)25-16-23(22-12-5-6-13-24(22)33-25)26(36)32-17-19-9-7-11-21(15-19)28(29,30)31/h5-7,9,11-13,15-16,20H,3-4,8,10,14,17-18H2,1-2H3,(H,32,36). The molecular weight excluding hydrogens is 481 g/mol. The maximum absolute atomic E-state index is 13.2. The number of carbonyl (C=O) groups is 2. The minimum absolute atomic E-state index is 0.0428. The molecule has 2 heterocycles. The zero-order valence-corrected chi connectivity index (χ0v) is 21.0. The van der Waals surface area contributed by atoms with Crippen LogP contribution in [0.15, 0.2) is 54.6 Å². The fourth-order valence-corrected chi connectivity index (χ4v) is 4.83. The molecule has 1 atom stereocenters. The number of hydrogen-bond donors (Lipinski definition) is 1. The first-order valence-electron chi connectivity index (χ1n) is 12.6. The number of nitrogens with one attached hydrogen (secondary N) is 1. The molecule has 37 heavy (non-hydrogen) atoms. The smallest absolute Gasteiger partial charge is 0.356 e. The molecule has 4 rings (SSSR count). The van der Waals surface area contributed by atoms with Crippen LogP contribution in [0.1, 0.15) is 48.2 Å². The Labute approximate surface area is 214 Å². The lowest BCUT2D eigenvalue weighted by Gasteiger charge is -2.35. The summed E-state index contributed by atoms with van der Waals surface area (Å²) in [7, 11) is 0. The van der Waals surface area contributed by atoms with Gasteiger partial charge in [0.25, 0.3) is 5.91 Å². The summed E-state index contributed by atoms with van der Waals surface area (Å²) in [5.41, 5.74) is 0.636. The van der Waals surface area contributed by atoms with E-state index in [1.165, 1.54) is 6.07 Å². The first-order valence-corrected chi connectivity index (χ1v) is 12.6. The maximum atomic E-state index is 13.2. The van der Waals surface area contributed by atoms with Gasteiger partial charge in [0.05, 0.1) is 22.6 Å². The Bertz CT molecular complexity index is 1270. The van der Waals surface area contributed by atoms with Crippen molar-refractivity contribution >= 4 is 28.5 Å². The van der Waals surface area contributed by atoms with Gasteiger partial charge in [-0.25, -0.2) is 4.98 Å². The van der Waals surface area contributed by atoms with Crippen molar-refractivity contribution in [3.05, 3.63) is 71.3 Å². The Morgan fingerprint density at radius 1 is 1.08 bits per heavy atom. The summed E-state index contributed by atoms with van der Waals surface area (Å²) in [5, 5.41) is 3.41. The van der Waals surface area contributed by atoms with Crippen LogP contribution in [0.5, 0.6) is 0 Å². The fourth-order valence-electron chi connectivity index (χ4n) is 4.83. The van der Waals surface area contributed by atoms with Crippen LogP contribution in [0.4, 0.5) is 19.0 Å². The minimum Gasteiger partial charge on any atom is -0.356 e. The number of hydrogen-bond acceptors (Lipinski definition) is 4. The number of pyridine rings is 1. The number of carbonyl (C=O) groups excluding carboxylic acids is 2. The van der Waals surface area contributed by atoms with Gasteiger partial charge in [0.2, 0.25) is 5.91 Å². The van der Waals surface area contributed by atoms with Crippen molar-refractivity contribution in [1.82, 2.24) is 15.2 Å². The molecule has 1 N–H and O–H groups in total. The summed E-state index contributed by atoms with van der Waals surface area (Å²) < 4.78 is 39.2. The molecule has 1 unspecified atom stereocenters. The SMILES string of the molecule is CCN(CC)C(=O)C1CCCN(c2cc(C(=O)NCc3cccc(C(F)(F)F)c3)c3ccccc3n2)C1. The number of anilines is 1. The van der Waals surface area contributed by atoms with Crippen molar-refractivity contribution in [2.24, 2.45) is 5.92 Å². The van der Waals surface area contributed by atoms with Crippen molar-refractivity contribution in [2.45, 2.75) is 39.4 Å². The molecule has 1 fully saturated rings. The second-order valence-electron chi connectivity index (χ2n) is 9.22. The lowest BCUT2D eigenvalue weighted by Crippen LogP contribution is -2.45. The summed E-state index contributed by atoms with van der Waals surface area (Å²) in [6, 6.07) is 13.9.